The zero-order valence-electron chi connectivity index (χ0n) is 9.19. The van der Waals surface area contributed by atoms with Crippen LogP contribution in [0.4, 0.5) is 0 Å². The van der Waals surface area contributed by atoms with Crippen molar-refractivity contribution in [2.75, 3.05) is 13.1 Å². The maximum absolute atomic E-state index is 9.75. The van der Waals surface area contributed by atoms with E-state index in [0.717, 1.165) is 38.8 Å². The number of hydrogen-bond acceptors (Lipinski definition) is 3. The van der Waals surface area contributed by atoms with Gasteiger partial charge in [0.2, 0.25) is 0 Å². The smallest absolute Gasteiger partial charge is 0.168 e. The summed E-state index contributed by atoms with van der Waals surface area (Å²) in [5, 5.41) is 15.9. The Bertz CT molecular complexity index is 103. The van der Waals surface area contributed by atoms with E-state index in [1.54, 1.807) is 6.92 Å². The van der Waals surface area contributed by atoms with E-state index in [1.165, 1.54) is 0 Å². The predicted molar refractivity (Wildman–Crippen MR) is 56.4 cm³/mol. The van der Waals surface area contributed by atoms with Gasteiger partial charge in [0.25, 0.3) is 0 Å². The summed E-state index contributed by atoms with van der Waals surface area (Å²) in [6, 6.07) is 0. The first-order valence-corrected chi connectivity index (χ1v) is 5.34. The monoisotopic (exact) mass is 188 g/mol. The van der Waals surface area contributed by atoms with Crippen LogP contribution in [0.15, 0.2) is 0 Å². The minimum Gasteiger partial charge on any atom is -0.363 e. The largest absolute Gasteiger partial charge is 0.363 e. The molecule has 0 saturated carbocycles. The molecule has 0 radical (unpaired) electrons. The Morgan fingerprint density at radius 1 is 1.00 bits per heavy atom. The summed E-state index contributed by atoms with van der Waals surface area (Å²) in [7, 11) is 0. The molecule has 0 aromatic heterocycles. The van der Waals surface area contributed by atoms with Crippen molar-refractivity contribution in [2.24, 2.45) is 0 Å². The van der Waals surface area contributed by atoms with E-state index in [-0.39, 0.29) is 0 Å². The van der Waals surface area contributed by atoms with E-state index in [0.29, 0.717) is 0 Å². The van der Waals surface area contributed by atoms with Gasteiger partial charge < -0.3 is 5.11 Å². The first kappa shape index (κ1) is 12.9. The lowest BCUT2D eigenvalue weighted by atomic mass is 10.3. The van der Waals surface area contributed by atoms with Crippen molar-refractivity contribution in [1.29, 1.82) is 0 Å². The molecule has 0 aliphatic carbocycles. The van der Waals surface area contributed by atoms with Gasteiger partial charge in [-0.1, -0.05) is 26.7 Å². The van der Waals surface area contributed by atoms with Crippen molar-refractivity contribution in [3.8, 4) is 0 Å². The van der Waals surface area contributed by atoms with E-state index in [1.807, 2.05) is 0 Å². The normalized spacial score (nSPS) is 12.0. The van der Waals surface area contributed by atoms with Crippen molar-refractivity contribution >= 4 is 0 Å². The van der Waals surface area contributed by atoms with E-state index in [4.69, 9.17) is 0 Å². The van der Waals surface area contributed by atoms with Crippen LogP contribution in [-0.4, -0.2) is 24.0 Å². The summed E-state index contributed by atoms with van der Waals surface area (Å²) in [5.74, 6) is -0.898. The summed E-state index contributed by atoms with van der Waals surface area (Å²) >= 11 is 0. The average Bonchev–Trinajstić information content (AvgIpc) is 2.05. The molecule has 80 valence electrons. The molecule has 0 aromatic carbocycles. The van der Waals surface area contributed by atoms with Gasteiger partial charge in [-0.05, 0) is 32.9 Å². The number of unbranched alkanes of at least 4 members (excludes halogenated alkanes) is 2. The van der Waals surface area contributed by atoms with Crippen LogP contribution in [0.5, 0.6) is 0 Å². The van der Waals surface area contributed by atoms with Crippen LogP contribution in [0.25, 0.3) is 0 Å². The van der Waals surface area contributed by atoms with Crippen molar-refractivity contribution in [3.63, 3.8) is 0 Å². The first-order valence-electron chi connectivity index (χ1n) is 5.34. The molecule has 3 nitrogen and oxygen atoms in total. The van der Waals surface area contributed by atoms with Gasteiger partial charge in [0.15, 0.2) is 5.85 Å². The average molecular weight is 188 g/mol. The molecule has 0 amide bonds. The Balaban J connectivity index is 3.42. The molecule has 0 fully saturated rings. The molecule has 0 heterocycles. The van der Waals surface area contributed by atoms with Crippen LogP contribution in [0.3, 0.4) is 0 Å². The zero-order chi connectivity index (χ0) is 10.2. The third-order valence-electron chi connectivity index (χ3n) is 2.00. The van der Waals surface area contributed by atoms with Crippen LogP contribution >= 0.6 is 0 Å². The van der Waals surface area contributed by atoms with Gasteiger partial charge in [0.1, 0.15) is 0 Å². The standard InChI is InChI=1S/C10H24N2O/c1-4-6-8-11-10(3,13)12-9-7-5-2/h11-13H,4-9H2,1-3H3. The van der Waals surface area contributed by atoms with Gasteiger partial charge in [0, 0.05) is 0 Å². The van der Waals surface area contributed by atoms with Crippen LogP contribution in [0.1, 0.15) is 46.5 Å². The van der Waals surface area contributed by atoms with Gasteiger partial charge in [-0.3, -0.25) is 10.6 Å². The summed E-state index contributed by atoms with van der Waals surface area (Å²) in [5.41, 5.74) is 0. The van der Waals surface area contributed by atoms with E-state index < -0.39 is 5.85 Å². The molecule has 3 N–H and O–H groups in total. The van der Waals surface area contributed by atoms with Gasteiger partial charge in [-0.25, -0.2) is 0 Å². The van der Waals surface area contributed by atoms with Gasteiger partial charge >= 0.3 is 0 Å². The molecule has 0 saturated heterocycles. The molecule has 0 bridgehead atoms. The third-order valence-corrected chi connectivity index (χ3v) is 2.00. The molecular formula is C10H24N2O. The van der Waals surface area contributed by atoms with E-state index >= 15 is 0 Å². The quantitative estimate of drug-likeness (QED) is 0.399. The summed E-state index contributed by atoms with van der Waals surface area (Å²) in [6.07, 6.45) is 4.51. The maximum atomic E-state index is 9.75. The number of rotatable bonds is 8. The summed E-state index contributed by atoms with van der Waals surface area (Å²) in [4.78, 5) is 0. The minimum absolute atomic E-state index is 0.864. The van der Waals surface area contributed by atoms with Gasteiger partial charge in [-0.15, -0.1) is 0 Å². The molecule has 0 aromatic rings. The maximum Gasteiger partial charge on any atom is 0.168 e. The number of nitrogens with one attached hydrogen (secondary N) is 2. The second kappa shape index (κ2) is 7.30. The second-order valence-electron chi connectivity index (χ2n) is 3.63. The molecule has 0 aliphatic heterocycles. The fourth-order valence-electron chi connectivity index (χ4n) is 1.08. The lowest BCUT2D eigenvalue weighted by Gasteiger charge is -2.26. The molecule has 0 unspecified atom stereocenters. The highest BCUT2D eigenvalue weighted by molar-refractivity contribution is 4.66. The van der Waals surface area contributed by atoms with E-state index in [9.17, 15) is 5.11 Å². The molecule has 3 heteroatoms. The fourth-order valence-corrected chi connectivity index (χ4v) is 1.08. The first-order chi connectivity index (χ1) is 6.12. The Morgan fingerprint density at radius 2 is 1.38 bits per heavy atom. The Kier molecular flexibility index (Phi) is 7.23. The fraction of sp³-hybridized carbons (Fsp3) is 1.00. The predicted octanol–water partition coefficient (Wildman–Crippen LogP) is 1.43. The second-order valence-corrected chi connectivity index (χ2v) is 3.63. The lowest BCUT2D eigenvalue weighted by Crippen LogP contribution is -2.54. The van der Waals surface area contributed by atoms with Crippen molar-refractivity contribution in [3.05, 3.63) is 0 Å². The number of aliphatic hydroxyl groups is 1. The lowest BCUT2D eigenvalue weighted by molar-refractivity contribution is -0.00967. The minimum atomic E-state index is -0.898. The van der Waals surface area contributed by atoms with Crippen LogP contribution < -0.4 is 10.6 Å². The Labute approximate surface area is 81.9 Å². The Hall–Kier alpha value is -0.120. The Morgan fingerprint density at radius 3 is 1.69 bits per heavy atom. The van der Waals surface area contributed by atoms with Crippen molar-refractivity contribution in [2.45, 2.75) is 52.3 Å². The molecule has 0 spiro atoms. The molecular weight excluding hydrogens is 164 g/mol. The zero-order valence-corrected chi connectivity index (χ0v) is 9.19. The van der Waals surface area contributed by atoms with Crippen molar-refractivity contribution < 1.29 is 5.11 Å². The molecule has 0 aliphatic rings. The summed E-state index contributed by atoms with van der Waals surface area (Å²) in [6.45, 7) is 7.77. The van der Waals surface area contributed by atoms with Gasteiger partial charge in [0.05, 0.1) is 0 Å². The van der Waals surface area contributed by atoms with Gasteiger partial charge in [-0.2, -0.15) is 0 Å². The van der Waals surface area contributed by atoms with Crippen LogP contribution in [0, 0.1) is 0 Å². The van der Waals surface area contributed by atoms with Crippen LogP contribution in [-0.2, 0) is 0 Å². The third kappa shape index (κ3) is 8.22. The highest BCUT2D eigenvalue weighted by atomic mass is 16.3. The van der Waals surface area contributed by atoms with Crippen LogP contribution in [0.2, 0.25) is 0 Å². The van der Waals surface area contributed by atoms with Crippen molar-refractivity contribution in [1.82, 2.24) is 10.6 Å². The highest BCUT2D eigenvalue weighted by Gasteiger charge is 2.16. The molecule has 13 heavy (non-hydrogen) atoms. The number of hydrogen-bond donors (Lipinski definition) is 3. The topological polar surface area (TPSA) is 44.3 Å². The SMILES string of the molecule is CCCCNC(C)(O)NCCCC. The molecule has 0 rings (SSSR count). The van der Waals surface area contributed by atoms with E-state index in [2.05, 4.69) is 24.5 Å². The summed E-state index contributed by atoms with van der Waals surface area (Å²) < 4.78 is 0. The highest BCUT2D eigenvalue weighted by Crippen LogP contribution is 1.95. The molecule has 0 atom stereocenters.